The van der Waals surface area contributed by atoms with Crippen LogP contribution < -0.4 is 10.1 Å². The Morgan fingerprint density at radius 2 is 1.95 bits per heavy atom. The number of nitrogens with one attached hydrogen (secondary N) is 1. The van der Waals surface area contributed by atoms with Crippen LogP contribution >= 0.6 is 11.6 Å². The minimum absolute atomic E-state index is 0.208. The average molecular weight is 312 g/mol. The molecule has 114 valence electrons. The second-order valence-corrected chi connectivity index (χ2v) is 5.69. The van der Waals surface area contributed by atoms with E-state index in [-0.39, 0.29) is 12.0 Å². The highest BCUT2D eigenvalue weighted by Crippen LogP contribution is 2.34. The number of benzene rings is 1. The molecule has 0 radical (unpaired) electrons. The molecular weight excluding hydrogens is 294 g/mol. The topological polar surface area (TPSA) is 75.6 Å². The van der Waals surface area contributed by atoms with E-state index >= 15 is 0 Å². The lowest BCUT2D eigenvalue weighted by Gasteiger charge is -2.32. The molecule has 0 bridgehead atoms. The first-order valence-electron chi connectivity index (χ1n) is 6.90. The van der Waals surface area contributed by atoms with Crippen molar-refractivity contribution >= 4 is 23.5 Å². The minimum Gasteiger partial charge on any atom is -0.489 e. The zero-order valence-electron chi connectivity index (χ0n) is 11.7. The van der Waals surface area contributed by atoms with Gasteiger partial charge in [-0.2, -0.15) is 0 Å². The van der Waals surface area contributed by atoms with E-state index in [9.17, 15) is 9.59 Å². The highest BCUT2D eigenvalue weighted by atomic mass is 35.5. The summed E-state index contributed by atoms with van der Waals surface area (Å²) in [5, 5.41) is 12.3. The molecule has 1 aromatic rings. The number of rotatable bonds is 6. The van der Waals surface area contributed by atoms with Gasteiger partial charge in [0.15, 0.2) is 0 Å². The maximum absolute atomic E-state index is 11.9. The van der Waals surface area contributed by atoms with Gasteiger partial charge in [-0.1, -0.05) is 11.6 Å². The van der Waals surface area contributed by atoms with Gasteiger partial charge in [0, 0.05) is 5.02 Å². The molecule has 1 aliphatic rings. The molecule has 0 spiro atoms. The number of carboxylic acids is 1. The summed E-state index contributed by atoms with van der Waals surface area (Å²) in [6, 6.07) is 6.97. The molecule has 5 nitrogen and oxygen atoms in total. The molecule has 0 aliphatic heterocycles. The summed E-state index contributed by atoms with van der Waals surface area (Å²) in [6.45, 7) is 2.18. The molecule has 2 N–H and O–H groups in total. The Hall–Kier alpha value is -1.75. The van der Waals surface area contributed by atoms with Crippen LogP contribution in [0.1, 0.15) is 19.8 Å². The number of amides is 1. The van der Waals surface area contributed by atoms with E-state index in [4.69, 9.17) is 21.4 Å². The number of halogens is 1. The van der Waals surface area contributed by atoms with Crippen molar-refractivity contribution in [2.24, 2.45) is 11.8 Å². The third-order valence-corrected chi connectivity index (χ3v) is 3.89. The molecule has 2 rings (SSSR count). The van der Waals surface area contributed by atoms with Crippen LogP contribution in [0.3, 0.4) is 0 Å². The van der Waals surface area contributed by atoms with Gasteiger partial charge in [-0.15, -0.1) is 0 Å². The Bertz CT molecular complexity index is 517. The number of carbonyl (C=O) groups excluding carboxylic acids is 1. The van der Waals surface area contributed by atoms with Gasteiger partial charge in [-0.05, 0) is 44.0 Å². The second kappa shape index (κ2) is 6.80. The Morgan fingerprint density at radius 1 is 1.33 bits per heavy atom. The fourth-order valence-corrected chi connectivity index (χ4v) is 2.40. The average Bonchev–Trinajstić information content (AvgIpc) is 2.37. The number of aliphatic carboxylic acids is 1. The molecule has 6 heteroatoms. The van der Waals surface area contributed by atoms with E-state index in [1.54, 1.807) is 24.3 Å². The predicted molar refractivity (Wildman–Crippen MR) is 78.4 cm³/mol. The van der Waals surface area contributed by atoms with Gasteiger partial charge in [0.1, 0.15) is 11.9 Å². The van der Waals surface area contributed by atoms with E-state index < -0.39 is 17.8 Å². The van der Waals surface area contributed by atoms with Gasteiger partial charge in [-0.25, -0.2) is 0 Å². The molecule has 0 heterocycles. The molecule has 3 atom stereocenters. The maximum atomic E-state index is 11.9. The normalized spacial score (nSPS) is 22.0. The fourth-order valence-electron chi connectivity index (χ4n) is 2.27. The van der Waals surface area contributed by atoms with Crippen molar-refractivity contribution in [1.29, 1.82) is 0 Å². The minimum atomic E-state index is -0.896. The molecule has 1 aromatic carbocycles. The molecule has 21 heavy (non-hydrogen) atoms. The molecular formula is C15H18ClNO4. The van der Waals surface area contributed by atoms with Crippen LogP contribution in [0.2, 0.25) is 5.02 Å². The van der Waals surface area contributed by atoms with Crippen LogP contribution in [-0.2, 0) is 9.59 Å². The molecule has 0 saturated heterocycles. The number of hydrogen-bond acceptors (Lipinski definition) is 3. The summed E-state index contributed by atoms with van der Waals surface area (Å²) in [6.07, 6.45) is 0.998. The molecule has 3 unspecified atom stereocenters. The van der Waals surface area contributed by atoms with Crippen LogP contribution in [0, 0.1) is 11.8 Å². The third kappa shape index (κ3) is 4.11. The molecule has 1 saturated carbocycles. The summed E-state index contributed by atoms with van der Waals surface area (Å²) in [5.74, 6) is -1.39. The van der Waals surface area contributed by atoms with Gasteiger partial charge in [0.2, 0.25) is 5.91 Å². The fraction of sp³-hybridized carbons (Fsp3) is 0.467. The largest absolute Gasteiger partial charge is 0.489 e. The quantitative estimate of drug-likeness (QED) is 0.845. The number of ether oxygens (including phenoxy) is 1. The Balaban J connectivity index is 1.76. The second-order valence-electron chi connectivity index (χ2n) is 5.26. The molecule has 1 fully saturated rings. The van der Waals surface area contributed by atoms with E-state index in [1.165, 1.54) is 0 Å². The predicted octanol–water partition coefficient (Wildman–Crippen LogP) is 2.33. The van der Waals surface area contributed by atoms with E-state index in [0.29, 0.717) is 30.2 Å². The van der Waals surface area contributed by atoms with Gasteiger partial charge < -0.3 is 15.2 Å². The summed E-state index contributed by atoms with van der Waals surface area (Å²) in [5.41, 5.74) is 0. The summed E-state index contributed by atoms with van der Waals surface area (Å²) >= 11 is 5.79. The van der Waals surface area contributed by atoms with Crippen molar-refractivity contribution in [2.45, 2.75) is 25.9 Å². The smallest absolute Gasteiger partial charge is 0.307 e. The molecule has 1 amide bonds. The number of carbonyl (C=O) groups is 2. The zero-order valence-corrected chi connectivity index (χ0v) is 12.5. The first-order chi connectivity index (χ1) is 9.97. The Morgan fingerprint density at radius 3 is 2.48 bits per heavy atom. The lowest BCUT2D eigenvalue weighted by molar-refractivity contribution is -0.152. The third-order valence-electron chi connectivity index (χ3n) is 3.64. The highest BCUT2D eigenvalue weighted by Gasteiger charge is 2.41. The lowest BCUT2D eigenvalue weighted by Crippen LogP contribution is -2.46. The standard InChI is InChI=1S/C15H18ClNO4/c1-9(21-11-4-2-10(16)3-5-11)8-17-14(18)12-6-7-13(12)15(19)20/h2-5,9,12-13H,6-8H2,1H3,(H,17,18)(H,19,20). The number of hydrogen-bond donors (Lipinski definition) is 2. The molecule has 0 aromatic heterocycles. The highest BCUT2D eigenvalue weighted by molar-refractivity contribution is 6.30. The number of carboxylic acid groups (broad SMARTS) is 1. The summed E-state index contributed by atoms with van der Waals surface area (Å²) in [7, 11) is 0. The van der Waals surface area contributed by atoms with Crippen molar-refractivity contribution in [3.8, 4) is 5.75 Å². The first kappa shape index (κ1) is 15.6. The molecule has 1 aliphatic carbocycles. The SMILES string of the molecule is CC(CNC(=O)C1CCC1C(=O)O)Oc1ccc(Cl)cc1. The maximum Gasteiger partial charge on any atom is 0.307 e. The lowest BCUT2D eigenvalue weighted by atomic mass is 9.73. The van der Waals surface area contributed by atoms with Crippen molar-refractivity contribution in [2.75, 3.05) is 6.54 Å². The van der Waals surface area contributed by atoms with Gasteiger partial charge in [0.25, 0.3) is 0 Å². The van der Waals surface area contributed by atoms with Crippen LogP contribution in [-0.4, -0.2) is 29.6 Å². The Labute approximate surface area is 128 Å². The van der Waals surface area contributed by atoms with Crippen LogP contribution in [0.5, 0.6) is 5.75 Å². The van der Waals surface area contributed by atoms with Crippen molar-refractivity contribution < 1.29 is 19.4 Å². The van der Waals surface area contributed by atoms with Crippen molar-refractivity contribution in [3.05, 3.63) is 29.3 Å². The van der Waals surface area contributed by atoms with Gasteiger partial charge >= 0.3 is 5.97 Å². The monoisotopic (exact) mass is 311 g/mol. The van der Waals surface area contributed by atoms with E-state index in [0.717, 1.165) is 0 Å². The van der Waals surface area contributed by atoms with E-state index in [2.05, 4.69) is 5.32 Å². The first-order valence-corrected chi connectivity index (χ1v) is 7.28. The zero-order chi connectivity index (χ0) is 15.4. The van der Waals surface area contributed by atoms with Crippen LogP contribution in [0.25, 0.3) is 0 Å². The Kier molecular flexibility index (Phi) is 5.07. The van der Waals surface area contributed by atoms with Crippen molar-refractivity contribution in [3.63, 3.8) is 0 Å². The van der Waals surface area contributed by atoms with Crippen LogP contribution in [0.15, 0.2) is 24.3 Å². The van der Waals surface area contributed by atoms with Gasteiger partial charge in [0.05, 0.1) is 18.4 Å². The van der Waals surface area contributed by atoms with E-state index in [1.807, 2.05) is 6.92 Å². The van der Waals surface area contributed by atoms with Gasteiger partial charge in [-0.3, -0.25) is 9.59 Å². The van der Waals surface area contributed by atoms with Crippen molar-refractivity contribution in [1.82, 2.24) is 5.32 Å². The summed E-state index contributed by atoms with van der Waals surface area (Å²) in [4.78, 5) is 22.8. The summed E-state index contributed by atoms with van der Waals surface area (Å²) < 4.78 is 5.64. The van der Waals surface area contributed by atoms with Crippen LogP contribution in [0.4, 0.5) is 0 Å².